The minimum absolute atomic E-state index is 0.824. The molecule has 108 valence electrons. The SMILES string of the molecule is CCCc1ncc(C#Cc2cc(C)ccc2C)cc1OC. The lowest BCUT2D eigenvalue weighted by molar-refractivity contribution is 0.406. The number of aromatic nitrogens is 1. The van der Waals surface area contributed by atoms with E-state index in [-0.39, 0.29) is 0 Å². The predicted octanol–water partition coefficient (Wildman–Crippen LogP) is 4.06. The zero-order valence-electron chi connectivity index (χ0n) is 13.2. The topological polar surface area (TPSA) is 22.1 Å². The highest BCUT2D eigenvalue weighted by Gasteiger charge is 2.04. The van der Waals surface area contributed by atoms with Crippen molar-refractivity contribution in [2.24, 2.45) is 0 Å². The summed E-state index contributed by atoms with van der Waals surface area (Å²) in [5.74, 6) is 7.23. The predicted molar refractivity (Wildman–Crippen MR) is 86.7 cm³/mol. The van der Waals surface area contributed by atoms with Gasteiger partial charge in [-0.3, -0.25) is 4.98 Å². The van der Waals surface area contributed by atoms with Gasteiger partial charge in [0.2, 0.25) is 0 Å². The van der Waals surface area contributed by atoms with E-state index in [1.165, 1.54) is 11.1 Å². The summed E-state index contributed by atoms with van der Waals surface area (Å²) in [5, 5.41) is 0. The van der Waals surface area contributed by atoms with Crippen molar-refractivity contribution in [3.63, 3.8) is 0 Å². The number of rotatable bonds is 3. The van der Waals surface area contributed by atoms with Crippen molar-refractivity contribution >= 4 is 0 Å². The van der Waals surface area contributed by atoms with E-state index in [2.05, 4.69) is 55.8 Å². The summed E-state index contributed by atoms with van der Waals surface area (Å²) >= 11 is 0. The second kappa shape index (κ2) is 6.95. The van der Waals surface area contributed by atoms with Gasteiger partial charge in [-0.25, -0.2) is 0 Å². The smallest absolute Gasteiger partial charge is 0.141 e. The number of aryl methyl sites for hydroxylation is 3. The van der Waals surface area contributed by atoms with Gasteiger partial charge in [-0.05, 0) is 43.5 Å². The van der Waals surface area contributed by atoms with Crippen molar-refractivity contribution in [2.45, 2.75) is 33.6 Å². The number of ether oxygens (including phenoxy) is 1. The van der Waals surface area contributed by atoms with E-state index < -0.39 is 0 Å². The van der Waals surface area contributed by atoms with Crippen LogP contribution >= 0.6 is 0 Å². The fourth-order valence-corrected chi connectivity index (χ4v) is 2.15. The zero-order valence-corrected chi connectivity index (χ0v) is 13.2. The number of hydrogen-bond acceptors (Lipinski definition) is 2. The van der Waals surface area contributed by atoms with Crippen LogP contribution in [0.15, 0.2) is 30.5 Å². The summed E-state index contributed by atoms with van der Waals surface area (Å²) in [6, 6.07) is 8.28. The molecule has 2 aromatic rings. The Bertz CT molecular complexity index is 692. The summed E-state index contributed by atoms with van der Waals surface area (Å²) < 4.78 is 5.40. The molecule has 0 saturated carbocycles. The fourth-order valence-electron chi connectivity index (χ4n) is 2.15. The Labute approximate surface area is 127 Å². The van der Waals surface area contributed by atoms with Gasteiger partial charge in [0.05, 0.1) is 12.8 Å². The van der Waals surface area contributed by atoms with Crippen LogP contribution in [0.3, 0.4) is 0 Å². The van der Waals surface area contributed by atoms with E-state index >= 15 is 0 Å². The number of methoxy groups -OCH3 is 1. The Hall–Kier alpha value is -2.27. The van der Waals surface area contributed by atoms with Gasteiger partial charge in [-0.2, -0.15) is 0 Å². The summed E-state index contributed by atoms with van der Waals surface area (Å²) in [6.45, 7) is 6.29. The molecule has 0 bridgehead atoms. The molecule has 1 aromatic heterocycles. The van der Waals surface area contributed by atoms with Crippen LogP contribution in [0, 0.1) is 25.7 Å². The Balaban J connectivity index is 2.32. The molecule has 0 unspecified atom stereocenters. The molecule has 0 N–H and O–H groups in total. The first-order valence-corrected chi connectivity index (χ1v) is 7.26. The minimum Gasteiger partial charge on any atom is -0.495 e. The second-order valence-electron chi connectivity index (χ2n) is 5.19. The Morgan fingerprint density at radius 1 is 1.14 bits per heavy atom. The van der Waals surface area contributed by atoms with E-state index in [0.29, 0.717) is 0 Å². The van der Waals surface area contributed by atoms with Crippen molar-refractivity contribution in [2.75, 3.05) is 7.11 Å². The molecular formula is C19H21NO. The molecule has 0 amide bonds. The lowest BCUT2D eigenvalue weighted by Crippen LogP contribution is -1.96. The molecule has 2 rings (SSSR count). The maximum Gasteiger partial charge on any atom is 0.141 e. The standard InChI is InChI=1S/C19H21NO/c1-5-6-18-19(21-4)12-16(13-20-18)9-10-17-11-14(2)7-8-15(17)3/h7-8,11-13H,5-6H2,1-4H3. The molecule has 2 nitrogen and oxygen atoms in total. The van der Waals surface area contributed by atoms with E-state index in [1.54, 1.807) is 7.11 Å². The van der Waals surface area contributed by atoms with Crippen molar-refractivity contribution in [1.29, 1.82) is 0 Å². The Morgan fingerprint density at radius 3 is 2.67 bits per heavy atom. The molecule has 0 aliphatic carbocycles. The molecular weight excluding hydrogens is 258 g/mol. The molecule has 0 aliphatic heterocycles. The lowest BCUT2D eigenvalue weighted by Gasteiger charge is -2.06. The van der Waals surface area contributed by atoms with Crippen molar-refractivity contribution in [1.82, 2.24) is 4.98 Å². The third-order valence-corrected chi connectivity index (χ3v) is 3.37. The van der Waals surface area contributed by atoms with E-state index in [9.17, 15) is 0 Å². The van der Waals surface area contributed by atoms with Crippen LogP contribution in [-0.4, -0.2) is 12.1 Å². The number of hydrogen-bond donors (Lipinski definition) is 0. The van der Waals surface area contributed by atoms with Crippen LogP contribution in [0.1, 0.15) is 41.3 Å². The van der Waals surface area contributed by atoms with Crippen molar-refractivity contribution < 1.29 is 4.74 Å². The number of pyridine rings is 1. The van der Waals surface area contributed by atoms with Crippen LogP contribution in [-0.2, 0) is 6.42 Å². The van der Waals surface area contributed by atoms with Crippen LogP contribution in [0.25, 0.3) is 0 Å². The highest BCUT2D eigenvalue weighted by Crippen LogP contribution is 2.18. The first-order chi connectivity index (χ1) is 10.1. The average molecular weight is 279 g/mol. The number of benzene rings is 1. The first kappa shape index (κ1) is 15.1. The highest BCUT2D eigenvalue weighted by molar-refractivity contribution is 5.48. The van der Waals surface area contributed by atoms with Gasteiger partial charge in [0, 0.05) is 17.3 Å². The monoisotopic (exact) mass is 279 g/mol. The highest BCUT2D eigenvalue weighted by atomic mass is 16.5. The molecule has 0 atom stereocenters. The summed E-state index contributed by atoms with van der Waals surface area (Å²) in [5.41, 5.74) is 5.35. The van der Waals surface area contributed by atoms with Gasteiger partial charge in [0.25, 0.3) is 0 Å². The van der Waals surface area contributed by atoms with E-state index in [4.69, 9.17) is 4.74 Å². The summed E-state index contributed by atoms with van der Waals surface area (Å²) in [7, 11) is 1.68. The van der Waals surface area contributed by atoms with Crippen molar-refractivity contribution in [3.05, 3.63) is 58.4 Å². The third kappa shape index (κ3) is 3.86. The second-order valence-corrected chi connectivity index (χ2v) is 5.19. The van der Waals surface area contributed by atoms with E-state index in [1.807, 2.05) is 12.3 Å². The van der Waals surface area contributed by atoms with Gasteiger partial charge in [-0.15, -0.1) is 0 Å². The van der Waals surface area contributed by atoms with Gasteiger partial charge in [-0.1, -0.05) is 37.3 Å². The van der Waals surface area contributed by atoms with Crippen LogP contribution in [0.4, 0.5) is 0 Å². The molecule has 0 aliphatic rings. The van der Waals surface area contributed by atoms with Crippen LogP contribution in [0.2, 0.25) is 0 Å². The van der Waals surface area contributed by atoms with Crippen LogP contribution < -0.4 is 4.74 Å². The van der Waals surface area contributed by atoms with Crippen LogP contribution in [0.5, 0.6) is 5.75 Å². The molecule has 2 heteroatoms. The average Bonchev–Trinajstić information content (AvgIpc) is 2.49. The quantitative estimate of drug-likeness (QED) is 0.790. The molecule has 1 aromatic carbocycles. The van der Waals surface area contributed by atoms with Gasteiger partial charge >= 0.3 is 0 Å². The van der Waals surface area contributed by atoms with Gasteiger partial charge in [0.15, 0.2) is 0 Å². The van der Waals surface area contributed by atoms with Gasteiger partial charge < -0.3 is 4.74 Å². The Morgan fingerprint density at radius 2 is 1.95 bits per heavy atom. The fraction of sp³-hybridized carbons (Fsp3) is 0.316. The lowest BCUT2D eigenvalue weighted by atomic mass is 10.1. The maximum atomic E-state index is 5.40. The van der Waals surface area contributed by atoms with Crippen molar-refractivity contribution in [3.8, 4) is 17.6 Å². The summed E-state index contributed by atoms with van der Waals surface area (Å²) in [6.07, 6.45) is 3.80. The molecule has 0 spiro atoms. The first-order valence-electron chi connectivity index (χ1n) is 7.26. The molecule has 0 saturated heterocycles. The molecule has 0 fully saturated rings. The third-order valence-electron chi connectivity index (χ3n) is 3.37. The Kier molecular flexibility index (Phi) is 5.00. The minimum atomic E-state index is 0.824. The van der Waals surface area contributed by atoms with Gasteiger partial charge in [0.1, 0.15) is 5.75 Å². The normalized spacial score (nSPS) is 9.90. The maximum absolute atomic E-state index is 5.40. The zero-order chi connectivity index (χ0) is 15.2. The largest absolute Gasteiger partial charge is 0.495 e. The summed E-state index contributed by atoms with van der Waals surface area (Å²) in [4.78, 5) is 4.46. The molecule has 0 radical (unpaired) electrons. The molecule has 1 heterocycles. The number of nitrogens with zero attached hydrogens (tertiary/aromatic N) is 1. The molecule has 21 heavy (non-hydrogen) atoms. The van der Waals surface area contributed by atoms with E-state index in [0.717, 1.165) is 35.4 Å².